The number of rotatable bonds is 12. The van der Waals surface area contributed by atoms with Gasteiger partial charge in [-0.25, -0.2) is 4.79 Å². The Labute approximate surface area is 190 Å². The van der Waals surface area contributed by atoms with Crippen molar-refractivity contribution < 1.29 is 29.0 Å². The maximum Gasteiger partial charge on any atom is 0.337 e. The van der Waals surface area contributed by atoms with Crippen molar-refractivity contribution in [2.24, 2.45) is 4.99 Å². The van der Waals surface area contributed by atoms with Crippen molar-refractivity contribution in [3.05, 3.63) is 0 Å². The highest BCUT2D eigenvalue weighted by Gasteiger charge is 2.42. The number of carbonyl (C=O) groups excluding carboxylic acids is 3. The van der Waals surface area contributed by atoms with E-state index in [-0.39, 0.29) is 30.9 Å². The van der Waals surface area contributed by atoms with E-state index in [1.165, 1.54) is 14.0 Å². The lowest BCUT2D eigenvalue weighted by molar-refractivity contribution is -0.152. The number of amides is 2. The second kappa shape index (κ2) is 12.5. The average Bonchev–Trinajstić information content (AvgIpc) is 3.28. The van der Waals surface area contributed by atoms with Crippen molar-refractivity contribution in [3.63, 3.8) is 0 Å². The van der Waals surface area contributed by atoms with Crippen LogP contribution < -0.4 is 10.6 Å². The highest BCUT2D eigenvalue weighted by Crippen LogP contribution is 2.26. The predicted octanol–water partition coefficient (Wildman–Crippen LogP) is -0.508. The molecule has 32 heavy (non-hydrogen) atoms. The van der Waals surface area contributed by atoms with Crippen molar-refractivity contribution >= 4 is 24.5 Å². The van der Waals surface area contributed by atoms with Gasteiger partial charge < -0.3 is 30.1 Å². The van der Waals surface area contributed by atoms with E-state index < -0.39 is 35.8 Å². The minimum Gasteiger partial charge on any atom is -0.467 e. The van der Waals surface area contributed by atoms with Crippen molar-refractivity contribution in [1.29, 1.82) is 0 Å². The molecule has 1 aliphatic rings. The zero-order valence-corrected chi connectivity index (χ0v) is 19.6. The SMILES string of the molecule is C#CC[C@](COC(C)C1CCCN1C(=O)C(NC(=O)C(C)NC)C(C)O)(N=C)C(=O)OC. The Bertz CT molecular complexity index is 722. The van der Waals surface area contributed by atoms with Gasteiger partial charge in [0.1, 0.15) is 6.04 Å². The number of terminal acetylenes is 1. The second-order valence-electron chi connectivity index (χ2n) is 8.06. The molecule has 1 heterocycles. The molecule has 6 atom stereocenters. The third-order valence-electron chi connectivity index (χ3n) is 5.84. The van der Waals surface area contributed by atoms with Crippen LogP contribution in [-0.4, -0.2) is 97.7 Å². The number of aliphatic hydroxyl groups is 1. The summed E-state index contributed by atoms with van der Waals surface area (Å²) in [5.74, 6) is 0.979. The summed E-state index contributed by atoms with van der Waals surface area (Å²) < 4.78 is 10.7. The Morgan fingerprint density at radius 1 is 1.38 bits per heavy atom. The Kier molecular flexibility index (Phi) is 10.8. The van der Waals surface area contributed by atoms with Crippen LogP contribution in [0.3, 0.4) is 0 Å². The lowest BCUT2D eigenvalue weighted by atomic mass is 9.97. The molecule has 2 amide bonds. The number of aliphatic hydroxyl groups excluding tert-OH is 1. The number of nitrogens with one attached hydrogen (secondary N) is 2. The topological polar surface area (TPSA) is 130 Å². The fourth-order valence-electron chi connectivity index (χ4n) is 3.62. The van der Waals surface area contributed by atoms with Gasteiger partial charge in [0.2, 0.25) is 11.8 Å². The molecule has 0 aromatic heterocycles. The largest absolute Gasteiger partial charge is 0.467 e. The number of hydrogen-bond donors (Lipinski definition) is 3. The minimum atomic E-state index is -1.43. The first-order valence-corrected chi connectivity index (χ1v) is 10.7. The molecule has 0 aromatic carbocycles. The van der Waals surface area contributed by atoms with E-state index in [4.69, 9.17) is 15.9 Å². The Balaban J connectivity index is 2.95. The molecule has 1 saturated heterocycles. The number of hydrogen-bond acceptors (Lipinski definition) is 8. The van der Waals surface area contributed by atoms with Gasteiger partial charge in [-0.05, 0) is 47.4 Å². The summed E-state index contributed by atoms with van der Waals surface area (Å²) in [5.41, 5.74) is -1.43. The lowest BCUT2D eigenvalue weighted by Gasteiger charge is -2.35. The van der Waals surface area contributed by atoms with Gasteiger partial charge in [0.05, 0.1) is 38.0 Å². The molecule has 0 bridgehead atoms. The van der Waals surface area contributed by atoms with Gasteiger partial charge in [-0.15, -0.1) is 12.3 Å². The average molecular weight is 453 g/mol. The van der Waals surface area contributed by atoms with Crippen molar-refractivity contribution in [2.45, 2.75) is 75.9 Å². The molecule has 0 aliphatic carbocycles. The molecule has 1 rings (SSSR count). The molecule has 1 aliphatic heterocycles. The van der Waals surface area contributed by atoms with Crippen LogP contribution in [0.25, 0.3) is 0 Å². The van der Waals surface area contributed by atoms with Crippen molar-refractivity contribution in [2.75, 3.05) is 27.3 Å². The molecule has 10 nitrogen and oxygen atoms in total. The van der Waals surface area contributed by atoms with Gasteiger partial charge in [0, 0.05) is 13.0 Å². The fourth-order valence-corrected chi connectivity index (χ4v) is 3.62. The van der Waals surface area contributed by atoms with Crippen LogP contribution in [0, 0.1) is 12.3 Å². The molecule has 10 heteroatoms. The summed E-state index contributed by atoms with van der Waals surface area (Å²) in [6, 6.07) is -1.92. The van der Waals surface area contributed by atoms with Gasteiger partial charge in [0.25, 0.3) is 0 Å². The summed E-state index contributed by atoms with van der Waals surface area (Å²) in [7, 11) is 2.87. The van der Waals surface area contributed by atoms with E-state index in [0.29, 0.717) is 13.0 Å². The summed E-state index contributed by atoms with van der Waals surface area (Å²) >= 11 is 0. The quantitative estimate of drug-likeness (QED) is 0.207. The van der Waals surface area contributed by atoms with Crippen LogP contribution in [-0.2, 0) is 23.9 Å². The van der Waals surface area contributed by atoms with E-state index >= 15 is 0 Å². The number of ether oxygens (including phenoxy) is 2. The highest BCUT2D eigenvalue weighted by molar-refractivity contribution is 5.90. The molecule has 0 saturated carbocycles. The summed E-state index contributed by atoms with van der Waals surface area (Å²) in [6.45, 7) is 8.68. The summed E-state index contributed by atoms with van der Waals surface area (Å²) in [6.07, 6.45) is 5.21. The third-order valence-corrected chi connectivity index (χ3v) is 5.84. The maximum atomic E-state index is 13.2. The molecule has 0 radical (unpaired) electrons. The monoisotopic (exact) mass is 452 g/mol. The van der Waals surface area contributed by atoms with Gasteiger partial charge >= 0.3 is 5.97 Å². The maximum absolute atomic E-state index is 13.2. The number of esters is 1. The van der Waals surface area contributed by atoms with Gasteiger partial charge in [0.15, 0.2) is 5.54 Å². The van der Waals surface area contributed by atoms with E-state index in [1.807, 2.05) is 0 Å². The lowest BCUT2D eigenvalue weighted by Crippen LogP contribution is -2.58. The molecule has 5 unspecified atom stereocenters. The highest BCUT2D eigenvalue weighted by atomic mass is 16.5. The van der Waals surface area contributed by atoms with Crippen LogP contribution in [0.15, 0.2) is 4.99 Å². The second-order valence-corrected chi connectivity index (χ2v) is 8.06. The van der Waals surface area contributed by atoms with Crippen molar-refractivity contribution in [1.82, 2.24) is 15.5 Å². The predicted molar refractivity (Wildman–Crippen MR) is 120 cm³/mol. The molecule has 3 N–H and O–H groups in total. The number of aliphatic imine (C=N–C) groups is 1. The first kappa shape index (κ1) is 27.6. The first-order chi connectivity index (χ1) is 15.1. The summed E-state index contributed by atoms with van der Waals surface area (Å²) in [5, 5.41) is 15.6. The number of nitrogens with zero attached hydrogens (tertiary/aromatic N) is 2. The van der Waals surface area contributed by atoms with Crippen molar-refractivity contribution in [3.8, 4) is 12.3 Å². The summed E-state index contributed by atoms with van der Waals surface area (Å²) in [4.78, 5) is 43.2. The number of carbonyl (C=O) groups is 3. The standard InChI is InChI=1S/C22H36N4O6/c1-8-11-22(24-6,21(30)31-7)13-32-16(4)17-10-9-12-26(17)20(29)18(15(3)27)25-19(28)14(2)23-5/h1,14-18,23,27H,6,9-13H2,2-5,7H3,(H,25,28)/t14?,15?,16?,17?,18?,22-/m1/s1. The fraction of sp³-hybridized carbons (Fsp3) is 0.727. The Morgan fingerprint density at radius 2 is 2.03 bits per heavy atom. The van der Waals surface area contributed by atoms with Gasteiger partial charge in [-0.1, -0.05) is 0 Å². The zero-order valence-electron chi connectivity index (χ0n) is 19.6. The van der Waals surface area contributed by atoms with Gasteiger partial charge in [-0.2, -0.15) is 0 Å². The van der Waals surface area contributed by atoms with Crippen LogP contribution in [0.5, 0.6) is 0 Å². The molecule has 180 valence electrons. The molecule has 0 aromatic rings. The van der Waals surface area contributed by atoms with E-state index in [9.17, 15) is 19.5 Å². The Morgan fingerprint density at radius 3 is 2.53 bits per heavy atom. The number of methoxy groups -OCH3 is 1. The van der Waals surface area contributed by atoms with E-state index in [2.05, 4.69) is 28.3 Å². The number of likely N-dealkylation sites (tertiary alicyclic amines) is 1. The third kappa shape index (κ3) is 6.51. The first-order valence-electron chi connectivity index (χ1n) is 10.7. The van der Waals surface area contributed by atoms with Crippen LogP contribution in [0.2, 0.25) is 0 Å². The van der Waals surface area contributed by atoms with Crippen LogP contribution in [0.4, 0.5) is 0 Å². The Hall–Kier alpha value is -2.48. The molecular formula is C22H36N4O6. The van der Waals surface area contributed by atoms with E-state index in [0.717, 1.165) is 6.42 Å². The zero-order chi connectivity index (χ0) is 24.5. The van der Waals surface area contributed by atoms with E-state index in [1.54, 1.807) is 25.8 Å². The van der Waals surface area contributed by atoms with Crippen LogP contribution in [0.1, 0.15) is 40.0 Å². The normalized spacial score (nSPS) is 21.4. The molecule has 0 spiro atoms. The number of likely N-dealkylation sites (N-methyl/N-ethyl adjacent to an activating group) is 1. The van der Waals surface area contributed by atoms with Crippen LogP contribution >= 0.6 is 0 Å². The molecule has 1 fully saturated rings. The van der Waals surface area contributed by atoms with Gasteiger partial charge in [-0.3, -0.25) is 14.6 Å². The minimum absolute atomic E-state index is 0.0387. The molecular weight excluding hydrogens is 416 g/mol. The smallest absolute Gasteiger partial charge is 0.337 e.